The monoisotopic (exact) mass is 641 g/mol. The molecule has 1 aromatic heterocycles. The molecule has 3 aromatic carbocycles. The molecule has 10 nitrogen and oxygen atoms in total. The fraction of sp³-hybridized carbons (Fsp3) is 0.364. The van der Waals surface area contributed by atoms with Crippen LogP contribution in [0, 0.1) is 17.0 Å². The van der Waals surface area contributed by atoms with Gasteiger partial charge >= 0.3 is 12.1 Å². The van der Waals surface area contributed by atoms with Gasteiger partial charge in [0.1, 0.15) is 6.10 Å². The fourth-order valence-electron chi connectivity index (χ4n) is 5.97. The molecular weight excluding hydrogens is 607 g/mol. The van der Waals surface area contributed by atoms with E-state index in [0.29, 0.717) is 29.9 Å². The van der Waals surface area contributed by atoms with Crippen LogP contribution >= 0.6 is 0 Å². The number of aliphatic carboxylic acids is 1. The number of carboxylic acid groups (broad SMARTS) is 1. The summed E-state index contributed by atoms with van der Waals surface area (Å²) < 4.78 is 57.5. The molecule has 1 unspecified atom stereocenters. The highest BCUT2D eigenvalue weighted by Crippen LogP contribution is 2.44. The molecule has 0 spiro atoms. The molecule has 1 fully saturated rings. The standard InChI is InChI=1S/C33H34F3N3O7/c1-21-4-3-5-23(14-21)18-38-19-27(26-8-7-24(39(43)44)17-28(26)38)32(42,33(34,35)36)20-37-12-10-25(11-13-37)46-29-9-6-22(16-31(40)41)15-30(29)45-2/h3-9,14-15,17,19,25,42H,10-13,16,18,20H2,1-2H3,(H,40,41). The number of hydrogen-bond donors (Lipinski definition) is 2. The van der Waals surface area contributed by atoms with Gasteiger partial charge in [0.2, 0.25) is 5.60 Å². The van der Waals surface area contributed by atoms with Gasteiger partial charge in [-0.2, -0.15) is 13.2 Å². The van der Waals surface area contributed by atoms with E-state index in [0.717, 1.165) is 17.2 Å². The van der Waals surface area contributed by atoms with Crippen LogP contribution in [0.2, 0.25) is 0 Å². The molecule has 0 bridgehead atoms. The molecule has 2 N–H and O–H groups in total. The number of aryl methyl sites for hydroxylation is 1. The third-order valence-corrected chi connectivity index (χ3v) is 8.29. The van der Waals surface area contributed by atoms with Crippen LogP contribution in [0.15, 0.2) is 66.9 Å². The van der Waals surface area contributed by atoms with E-state index in [-0.39, 0.29) is 54.3 Å². The van der Waals surface area contributed by atoms with Crippen molar-refractivity contribution in [1.29, 1.82) is 0 Å². The highest BCUT2D eigenvalue weighted by molar-refractivity contribution is 5.87. The third kappa shape index (κ3) is 6.95. The largest absolute Gasteiger partial charge is 0.493 e. The van der Waals surface area contributed by atoms with Gasteiger partial charge in [0.25, 0.3) is 5.69 Å². The van der Waals surface area contributed by atoms with Crippen LogP contribution in [-0.2, 0) is 23.4 Å². The number of carboxylic acids is 1. The van der Waals surface area contributed by atoms with Gasteiger partial charge in [-0.25, -0.2) is 0 Å². The van der Waals surface area contributed by atoms with Crippen LogP contribution in [0.4, 0.5) is 18.9 Å². The molecule has 13 heteroatoms. The number of non-ortho nitro benzene ring substituents is 1. The molecule has 2 heterocycles. The second-order valence-corrected chi connectivity index (χ2v) is 11.6. The third-order valence-electron chi connectivity index (χ3n) is 8.29. The number of carbonyl (C=O) groups is 1. The van der Waals surface area contributed by atoms with Gasteiger partial charge in [0.15, 0.2) is 11.5 Å². The second-order valence-electron chi connectivity index (χ2n) is 11.6. The number of nitro groups is 1. The number of rotatable bonds is 11. The smallest absolute Gasteiger partial charge is 0.422 e. The van der Waals surface area contributed by atoms with Crippen LogP contribution in [0.1, 0.15) is 35.1 Å². The maximum atomic E-state index is 14.9. The predicted octanol–water partition coefficient (Wildman–Crippen LogP) is 5.84. The molecule has 0 aliphatic carbocycles. The van der Waals surface area contributed by atoms with Gasteiger partial charge in [0, 0.05) is 55.5 Å². The first-order valence-electron chi connectivity index (χ1n) is 14.7. The van der Waals surface area contributed by atoms with Crippen LogP contribution in [0.5, 0.6) is 11.5 Å². The predicted molar refractivity (Wildman–Crippen MR) is 163 cm³/mol. The number of hydrogen-bond acceptors (Lipinski definition) is 7. The van der Waals surface area contributed by atoms with E-state index in [4.69, 9.17) is 14.6 Å². The molecule has 1 aliphatic heterocycles. The Balaban J connectivity index is 1.39. The first-order chi connectivity index (χ1) is 21.8. The lowest BCUT2D eigenvalue weighted by Gasteiger charge is -2.39. The van der Waals surface area contributed by atoms with Gasteiger partial charge in [-0.05, 0) is 49.1 Å². The highest BCUT2D eigenvalue weighted by Gasteiger charge is 2.57. The van der Waals surface area contributed by atoms with Crippen molar-refractivity contribution in [3.63, 3.8) is 0 Å². The Hall–Kier alpha value is -4.62. The zero-order valence-corrected chi connectivity index (χ0v) is 25.3. The topological polar surface area (TPSA) is 127 Å². The Labute approximate surface area is 262 Å². The number of benzene rings is 3. The lowest BCUT2D eigenvalue weighted by Crippen LogP contribution is -2.53. The number of halogens is 3. The molecule has 0 radical (unpaired) electrons. The number of fused-ring (bicyclic) bond motifs is 1. The number of alkyl halides is 3. The Kier molecular flexibility index (Phi) is 9.27. The summed E-state index contributed by atoms with van der Waals surface area (Å²) in [7, 11) is 1.43. The molecule has 4 aromatic rings. The number of aromatic nitrogens is 1. The van der Waals surface area contributed by atoms with Gasteiger partial charge in [-0.3, -0.25) is 19.8 Å². The quantitative estimate of drug-likeness (QED) is 0.155. The SMILES string of the molecule is COc1cc(CC(=O)O)ccc1OC1CCN(CC(O)(c2cn(Cc3cccc(C)c3)c3cc([N+](=O)[O-])ccc23)C(F)(F)F)CC1. The Morgan fingerprint density at radius 2 is 1.78 bits per heavy atom. The molecule has 244 valence electrons. The summed E-state index contributed by atoms with van der Waals surface area (Å²) >= 11 is 0. The summed E-state index contributed by atoms with van der Waals surface area (Å²) in [4.78, 5) is 23.5. The fourth-order valence-corrected chi connectivity index (χ4v) is 5.97. The summed E-state index contributed by atoms with van der Waals surface area (Å²) in [5.74, 6) is -0.230. The number of nitrogens with zero attached hydrogens (tertiary/aromatic N) is 3. The van der Waals surface area contributed by atoms with Crippen molar-refractivity contribution in [2.75, 3.05) is 26.7 Å². The average molecular weight is 642 g/mol. The molecule has 0 amide bonds. The molecule has 1 saturated heterocycles. The molecule has 0 saturated carbocycles. The van der Waals surface area contributed by atoms with Gasteiger partial charge in [-0.1, -0.05) is 35.9 Å². The van der Waals surface area contributed by atoms with Gasteiger partial charge in [0.05, 0.1) is 24.0 Å². The van der Waals surface area contributed by atoms with E-state index in [1.165, 1.54) is 34.9 Å². The minimum Gasteiger partial charge on any atom is -0.493 e. The normalized spacial score (nSPS) is 15.9. The minimum atomic E-state index is -5.06. The van der Waals surface area contributed by atoms with Crippen LogP contribution < -0.4 is 9.47 Å². The van der Waals surface area contributed by atoms with E-state index in [2.05, 4.69) is 0 Å². The summed E-state index contributed by atoms with van der Waals surface area (Å²) in [6.45, 7) is 1.71. The Morgan fingerprint density at radius 3 is 2.41 bits per heavy atom. The lowest BCUT2D eigenvalue weighted by molar-refractivity contribution is -0.384. The highest BCUT2D eigenvalue weighted by atomic mass is 19.4. The lowest BCUT2D eigenvalue weighted by atomic mass is 9.91. The number of ether oxygens (including phenoxy) is 2. The Morgan fingerprint density at radius 1 is 1.04 bits per heavy atom. The Bertz CT molecular complexity index is 1750. The zero-order valence-electron chi connectivity index (χ0n) is 25.3. The first kappa shape index (κ1) is 32.8. The van der Waals surface area contributed by atoms with E-state index in [9.17, 15) is 33.2 Å². The zero-order chi connectivity index (χ0) is 33.2. The molecule has 5 rings (SSSR count). The van der Waals surface area contributed by atoms with Crippen molar-refractivity contribution in [2.45, 2.75) is 50.6 Å². The van der Waals surface area contributed by atoms with Crippen molar-refractivity contribution < 1.29 is 42.6 Å². The van der Waals surface area contributed by atoms with Crippen molar-refractivity contribution >= 4 is 22.6 Å². The maximum Gasteiger partial charge on any atom is 0.422 e. The van der Waals surface area contributed by atoms with E-state index >= 15 is 0 Å². The summed E-state index contributed by atoms with van der Waals surface area (Å²) in [6.07, 6.45) is -3.59. The van der Waals surface area contributed by atoms with Crippen molar-refractivity contribution in [2.24, 2.45) is 0 Å². The number of nitro benzene ring substituents is 1. The van der Waals surface area contributed by atoms with E-state index in [1.807, 2.05) is 31.2 Å². The summed E-state index contributed by atoms with van der Waals surface area (Å²) in [5.41, 5.74) is -1.42. The number of likely N-dealkylation sites (tertiary alicyclic amines) is 1. The average Bonchev–Trinajstić information content (AvgIpc) is 3.36. The second kappa shape index (κ2) is 13.0. The number of piperidine rings is 1. The van der Waals surface area contributed by atoms with Crippen molar-refractivity contribution in [3.8, 4) is 11.5 Å². The first-order valence-corrected chi connectivity index (χ1v) is 14.7. The number of aliphatic hydroxyl groups is 1. The number of β-amino-alcohol motifs (C(OH)–C–C–N with tert-alkyl or cyclic N) is 1. The van der Waals surface area contributed by atoms with E-state index < -0.39 is 29.2 Å². The molecule has 1 aliphatic rings. The van der Waals surface area contributed by atoms with Crippen LogP contribution in [0.3, 0.4) is 0 Å². The molecule has 46 heavy (non-hydrogen) atoms. The summed E-state index contributed by atoms with van der Waals surface area (Å²) in [5, 5.41) is 32.2. The van der Waals surface area contributed by atoms with Crippen molar-refractivity contribution in [3.05, 3.63) is 99.2 Å². The van der Waals surface area contributed by atoms with Crippen molar-refractivity contribution in [1.82, 2.24) is 9.47 Å². The van der Waals surface area contributed by atoms with Gasteiger partial charge < -0.3 is 24.3 Å². The van der Waals surface area contributed by atoms with Gasteiger partial charge in [-0.15, -0.1) is 0 Å². The van der Waals surface area contributed by atoms with Crippen LogP contribution in [0.25, 0.3) is 10.9 Å². The molecule has 1 atom stereocenters. The van der Waals surface area contributed by atoms with E-state index in [1.54, 1.807) is 18.2 Å². The maximum absolute atomic E-state index is 14.9. The molecular formula is C33H34F3N3O7. The summed E-state index contributed by atoms with van der Waals surface area (Å²) in [6, 6.07) is 15.9. The number of methoxy groups -OCH3 is 1. The minimum absolute atomic E-state index is 0.0785. The van der Waals surface area contributed by atoms with Crippen LogP contribution in [-0.4, -0.2) is 69.6 Å².